The molecule has 3 aromatic heterocycles. The molecule has 0 unspecified atom stereocenters. The van der Waals surface area contributed by atoms with Gasteiger partial charge in [0.15, 0.2) is 0 Å². The standard InChI is InChI=1S/C22H19FN4O3/c23-16-6-4-13(5-7-16)20-9-14-8-15(10-24-21(14)27-20)18-2-1-3-19(26-18)22(30)25-17(11-28)12-29/h1-10,17,28-29H,11-12H2,(H,24,27)(H,25,30). The molecule has 0 aliphatic carbocycles. The summed E-state index contributed by atoms with van der Waals surface area (Å²) >= 11 is 0. The summed E-state index contributed by atoms with van der Waals surface area (Å²) in [4.78, 5) is 24.3. The van der Waals surface area contributed by atoms with Crippen LogP contribution in [0.2, 0.25) is 0 Å². The predicted octanol–water partition coefficient (Wildman–Crippen LogP) is 2.51. The van der Waals surface area contributed by atoms with Crippen molar-refractivity contribution in [2.75, 3.05) is 13.2 Å². The highest BCUT2D eigenvalue weighted by Gasteiger charge is 2.14. The quantitative estimate of drug-likeness (QED) is 0.393. The number of carbonyl (C=O) groups is 1. The minimum Gasteiger partial charge on any atom is -0.394 e. The van der Waals surface area contributed by atoms with Crippen LogP contribution in [0, 0.1) is 5.82 Å². The molecule has 30 heavy (non-hydrogen) atoms. The van der Waals surface area contributed by atoms with Gasteiger partial charge in [-0.05, 0) is 54.1 Å². The third kappa shape index (κ3) is 4.05. The van der Waals surface area contributed by atoms with Crippen LogP contribution in [-0.4, -0.2) is 50.3 Å². The Balaban J connectivity index is 1.63. The lowest BCUT2D eigenvalue weighted by Crippen LogP contribution is -2.40. The van der Waals surface area contributed by atoms with Gasteiger partial charge < -0.3 is 20.5 Å². The molecular weight excluding hydrogens is 387 g/mol. The highest BCUT2D eigenvalue weighted by Crippen LogP contribution is 2.26. The number of amides is 1. The summed E-state index contributed by atoms with van der Waals surface area (Å²) in [6, 6.07) is 14.3. The Morgan fingerprint density at radius 1 is 1.07 bits per heavy atom. The molecule has 0 spiro atoms. The average molecular weight is 406 g/mol. The summed E-state index contributed by atoms with van der Waals surface area (Å²) in [5.74, 6) is -0.784. The van der Waals surface area contributed by atoms with Gasteiger partial charge in [-0.1, -0.05) is 6.07 Å². The van der Waals surface area contributed by atoms with Crippen LogP contribution in [0.5, 0.6) is 0 Å². The molecule has 7 nitrogen and oxygen atoms in total. The van der Waals surface area contributed by atoms with Crippen LogP contribution in [0.15, 0.2) is 60.8 Å². The Morgan fingerprint density at radius 3 is 2.57 bits per heavy atom. The first-order valence-electron chi connectivity index (χ1n) is 9.32. The molecular formula is C22H19FN4O3. The molecule has 0 bridgehead atoms. The number of carbonyl (C=O) groups excluding carboxylic acids is 1. The summed E-state index contributed by atoms with van der Waals surface area (Å²) in [7, 11) is 0. The van der Waals surface area contributed by atoms with Gasteiger partial charge in [-0.25, -0.2) is 14.4 Å². The molecule has 152 valence electrons. The van der Waals surface area contributed by atoms with E-state index in [4.69, 9.17) is 10.2 Å². The zero-order valence-corrected chi connectivity index (χ0v) is 15.8. The number of H-pyrrole nitrogens is 1. The van der Waals surface area contributed by atoms with Crippen molar-refractivity contribution in [2.24, 2.45) is 0 Å². The summed E-state index contributed by atoms with van der Waals surface area (Å²) in [6.45, 7) is -0.737. The van der Waals surface area contributed by atoms with E-state index < -0.39 is 11.9 Å². The number of hydrogen-bond donors (Lipinski definition) is 4. The fourth-order valence-electron chi connectivity index (χ4n) is 3.07. The summed E-state index contributed by atoms with van der Waals surface area (Å²) in [5.41, 5.74) is 3.79. The maximum absolute atomic E-state index is 13.2. The number of nitrogens with one attached hydrogen (secondary N) is 2. The van der Waals surface area contributed by atoms with Crippen molar-refractivity contribution in [2.45, 2.75) is 6.04 Å². The number of aliphatic hydroxyl groups excluding tert-OH is 2. The van der Waals surface area contributed by atoms with E-state index >= 15 is 0 Å². The molecule has 8 heteroatoms. The molecule has 0 aliphatic heterocycles. The molecule has 0 radical (unpaired) electrons. The summed E-state index contributed by atoms with van der Waals surface area (Å²) in [5, 5.41) is 21.6. The second-order valence-electron chi connectivity index (χ2n) is 6.80. The van der Waals surface area contributed by atoms with Crippen molar-refractivity contribution in [3.05, 3.63) is 72.3 Å². The maximum Gasteiger partial charge on any atom is 0.270 e. The van der Waals surface area contributed by atoms with Crippen LogP contribution >= 0.6 is 0 Å². The Labute approximate surface area is 171 Å². The van der Waals surface area contributed by atoms with Gasteiger partial charge in [0.25, 0.3) is 5.91 Å². The lowest BCUT2D eigenvalue weighted by atomic mass is 10.1. The van der Waals surface area contributed by atoms with E-state index in [1.54, 1.807) is 36.5 Å². The van der Waals surface area contributed by atoms with Gasteiger partial charge in [-0.3, -0.25) is 4.79 Å². The van der Waals surface area contributed by atoms with Crippen molar-refractivity contribution < 1.29 is 19.4 Å². The van der Waals surface area contributed by atoms with Crippen LogP contribution in [0.3, 0.4) is 0 Å². The lowest BCUT2D eigenvalue weighted by Gasteiger charge is -2.13. The molecule has 0 saturated carbocycles. The number of nitrogens with zero attached hydrogens (tertiary/aromatic N) is 2. The van der Waals surface area contributed by atoms with Crippen molar-refractivity contribution in [1.82, 2.24) is 20.3 Å². The highest BCUT2D eigenvalue weighted by atomic mass is 19.1. The lowest BCUT2D eigenvalue weighted by molar-refractivity contribution is 0.0874. The molecule has 0 fully saturated rings. The normalized spacial score (nSPS) is 11.2. The van der Waals surface area contributed by atoms with E-state index in [0.717, 1.165) is 22.2 Å². The van der Waals surface area contributed by atoms with E-state index in [1.165, 1.54) is 12.1 Å². The molecule has 4 N–H and O–H groups in total. The first-order chi connectivity index (χ1) is 14.6. The van der Waals surface area contributed by atoms with Crippen molar-refractivity contribution >= 4 is 16.9 Å². The number of halogens is 1. The largest absolute Gasteiger partial charge is 0.394 e. The predicted molar refractivity (Wildman–Crippen MR) is 110 cm³/mol. The van der Waals surface area contributed by atoms with Crippen LogP contribution in [0.4, 0.5) is 4.39 Å². The molecule has 0 atom stereocenters. The average Bonchev–Trinajstić information content (AvgIpc) is 3.21. The van der Waals surface area contributed by atoms with Crippen LogP contribution < -0.4 is 5.32 Å². The zero-order valence-electron chi connectivity index (χ0n) is 15.8. The number of benzene rings is 1. The van der Waals surface area contributed by atoms with E-state index in [1.807, 2.05) is 12.1 Å². The second kappa shape index (κ2) is 8.40. The Kier molecular flexibility index (Phi) is 5.51. The number of pyridine rings is 2. The minimum atomic E-state index is -0.745. The Morgan fingerprint density at radius 2 is 1.83 bits per heavy atom. The second-order valence-corrected chi connectivity index (χ2v) is 6.80. The zero-order chi connectivity index (χ0) is 21.1. The molecule has 0 saturated heterocycles. The minimum absolute atomic E-state index is 0.167. The third-order valence-electron chi connectivity index (χ3n) is 4.68. The SMILES string of the molecule is O=C(NC(CO)CO)c1cccc(-c2cnc3[nH]c(-c4ccc(F)cc4)cc3c2)n1. The Bertz CT molecular complexity index is 1190. The fraction of sp³-hybridized carbons (Fsp3) is 0.136. The smallest absolute Gasteiger partial charge is 0.270 e. The van der Waals surface area contributed by atoms with Crippen molar-refractivity contribution in [3.8, 4) is 22.5 Å². The number of aromatic amines is 1. The number of fused-ring (bicyclic) bond motifs is 1. The first kappa shape index (κ1) is 19.7. The molecule has 1 aromatic carbocycles. The van der Waals surface area contributed by atoms with Crippen molar-refractivity contribution in [3.63, 3.8) is 0 Å². The van der Waals surface area contributed by atoms with Gasteiger partial charge in [-0.2, -0.15) is 0 Å². The number of aliphatic hydroxyl groups is 2. The summed E-state index contributed by atoms with van der Waals surface area (Å²) < 4.78 is 13.2. The number of hydrogen-bond acceptors (Lipinski definition) is 5. The molecule has 4 rings (SSSR count). The maximum atomic E-state index is 13.2. The van der Waals surface area contributed by atoms with Gasteiger partial charge in [0, 0.05) is 22.8 Å². The number of rotatable bonds is 6. The van der Waals surface area contributed by atoms with E-state index in [2.05, 4.69) is 20.3 Å². The van der Waals surface area contributed by atoms with Crippen molar-refractivity contribution in [1.29, 1.82) is 0 Å². The van der Waals surface area contributed by atoms with E-state index in [0.29, 0.717) is 11.3 Å². The monoisotopic (exact) mass is 406 g/mol. The van der Waals surface area contributed by atoms with Gasteiger partial charge in [0.05, 0.1) is 24.9 Å². The molecule has 4 aromatic rings. The Hall–Kier alpha value is -3.62. The van der Waals surface area contributed by atoms with Gasteiger partial charge in [0.2, 0.25) is 0 Å². The fourth-order valence-corrected chi connectivity index (χ4v) is 3.07. The topological polar surface area (TPSA) is 111 Å². The third-order valence-corrected chi connectivity index (χ3v) is 4.68. The molecule has 3 heterocycles. The number of aromatic nitrogens is 3. The van der Waals surface area contributed by atoms with Gasteiger partial charge in [0.1, 0.15) is 17.2 Å². The molecule has 1 amide bonds. The van der Waals surface area contributed by atoms with Gasteiger partial charge in [-0.15, -0.1) is 0 Å². The van der Waals surface area contributed by atoms with Crippen LogP contribution in [0.25, 0.3) is 33.5 Å². The highest BCUT2D eigenvalue weighted by molar-refractivity contribution is 5.93. The van der Waals surface area contributed by atoms with E-state index in [-0.39, 0.29) is 24.7 Å². The summed E-state index contributed by atoms with van der Waals surface area (Å²) in [6.07, 6.45) is 1.65. The first-order valence-corrected chi connectivity index (χ1v) is 9.32. The van der Waals surface area contributed by atoms with Crippen LogP contribution in [-0.2, 0) is 0 Å². The molecule has 0 aliphatic rings. The van der Waals surface area contributed by atoms with Crippen LogP contribution in [0.1, 0.15) is 10.5 Å². The van der Waals surface area contributed by atoms with Gasteiger partial charge >= 0.3 is 0 Å². The van der Waals surface area contributed by atoms with E-state index in [9.17, 15) is 9.18 Å².